The Bertz CT molecular complexity index is 881. The number of hydrogen-bond donors (Lipinski definition) is 3. The largest absolute Gasteiger partial charge is 0.481 e. The first-order chi connectivity index (χ1) is 14.0. The molecule has 0 aliphatic carbocycles. The van der Waals surface area contributed by atoms with Crippen LogP contribution in [0, 0.1) is 0 Å². The van der Waals surface area contributed by atoms with Gasteiger partial charge in [-0.3, -0.25) is 14.4 Å². The van der Waals surface area contributed by atoms with E-state index in [0.717, 1.165) is 10.0 Å². The Morgan fingerprint density at radius 1 is 0.966 bits per heavy atom. The topological polar surface area (TPSA) is 95.5 Å². The molecule has 2 aromatic rings. The smallest absolute Gasteiger partial charge is 0.303 e. The van der Waals surface area contributed by atoms with Gasteiger partial charge in [-0.1, -0.05) is 58.7 Å². The molecular weight excluding hydrogens is 436 g/mol. The molecule has 7 heteroatoms. The molecule has 0 aliphatic rings. The van der Waals surface area contributed by atoms with Crippen molar-refractivity contribution in [3.8, 4) is 0 Å². The highest BCUT2D eigenvalue weighted by Gasteiger charge is 2.14. The van der Waals surface area contributed by atoms with Gasteiger partial charge in [-0.25, -0.2) is 0 Å². The SMILES string of the molecule is O=C(O)CCCCCNC(=O)/C(=C\c1ccccc1)NC(=O)c1cccc(Br)c1. The first kappa shape index (κ1) is 22.4. The average Bonchev–Trinajstić information content (AvgIpc) is 2.70. The van der Waals surface area contributed by atoms with Crippen LogP contribution < -0.4 is 10.6 Å². The number of rotatable bonds is 10. The number of amides is 2. The second kappa shape index (κ2) is 11.8. The standard InChI is InChI=1S/C22H23BrN2O4/c23-18-11-7-10-17(15-18)21(28)25-19(14-16-8-3-1-4-9-16)22(29)24-13-6-2-5-12-20(26)27/h1,3-4,7-11,14-15H,2,5-6,12-13H2,(H,24,29)(H,25,28)(H,26,27)/b19-14+. The molecule has 29 heavy (non-hydrogen) atoms. The van der Waals surface area contributed by atoms with Gasteiger partial charge in [0.25, 0.3) is 11.8 Å². The van der Waals surface area contributed by atoms with Gasteiger partial charge in [0, 0.05) is 23.0 Å². The summed E-state index contributed by atoms with van der Waals surface area (Å²) in [5.41, 5.74) is 1.36. The van der Waals surface area contributed by atoms with Crippen LogP contribution in [-0.2, 0) is 9.59 Å². The summed E-state index contributed by atoms with van der Waals surface area (Å²) in [6.07, 6.45) is 3.68. The van der Waals surface area contributed by atoms with E-state index in [9.17, 15) is 14.4 Å². The molecule has 0 saturated carbocycles. The number of carboxylic acid groups (broad SMARTS) is 1. The number of nitrogens with one attached hydrogen (secondary N) is 2. The summed E-state index contributed by atoms with van der Waals surface area (Å²) in [5.74, 6) is -1.60. The lowest BCUT2D eigenvalue weighted by molar-refractivity contribution is -0.137. The fourth-order valence-electron chi connectivity index (χ4n) is 2.57. The van der Waals surface area contributed by atoms with Crippen LogP contribution in [0.4, 0.5) is 0 Å². The van der Waals surface area contributed by atoms with Crippen LogP contribution in [0.15, 0.2) is 64.8 Å². The molecule has 2 aromatic carbocycles. The lowest BCUT2D eigenvalue weighted by atomic mass is 10.1. The van der Waals surface area contributed by atoms with Crippen LogP contribution >= 0.6 is 15.9 Å². The van der Waals surface area contributed by atoms with E-state index in [1.54, 1.807) is 24.3 Å². The van der Waals surface area contributed by atoms with Crippen molar-refractivity contribution in [1.82, 2.24) is 10.6 Å². The van der Waals surface area contributed by atoms with Gasteiger partial charge in [-0.2, -0.15) is 0 Å². The molecule has 0 radical (unpaired) electrons. The minimum atomic E-state index is -0.822. The normalized spacial score (nSPS) is 11.0. The molecule has 6 nitrogen and oxygen atoms in total. The Morgan fingerprint density at radius 2 is 1.72 bits per heavy atom. The Labute approximate surface area is 178 Å². The number of carbonyl (C=O) groups is 3. The van der Waals surface area contributed by atoms with E-state index < -0.39 is 11.9 Å². The molecule has 0 heterocycles. The summed E-state index contributed by atoms with van der Waals surface area (Å²) in [4.78, 5) is 35.7. The van der Waals surface area contributed by atoms with Crippen molar-refractivity contribution in [1.29, 1.82) is 0 Å². The van der Waals surface area contributed by atoms with Gasteiger partial charge in [0.15, 0.2) is 0 Å². The van der Waals surface area contributed by atoms with Crippen molar-refractivity contribution in [2.45, 2.75) is 25.7 Å². The van der Waals surface area contributed by atoms with Crippen LogP contribution in [0.25, 0.3) is 6.08 Å². The number of halogens is 1. The fraction of sp³-hybridized carbons (Fsp3) is 0.227. The van der Waals surface area contributed by atoms with Gasteiger partial charge in [-0.15, -0.1) is 0 Å². The summed E-state index contributed by atoms with van der Waals surface area (Å²) < 4.78 is 0.768. The van der Waals surface area contributed by atoms with Gasteiger partial charge < -0.3 is 15.7 Å². The molecular formula is C22H23BrN2O4. The molecule has 0 bridgehead atoms. The molecule has 3 N–H and O–H groups in total. The van der Waals surface area contributed by atoms with Crippen molar-refractivity contribution < 1.29 is 19.5 Å². The summed E-state index contributed by atoms with van der Waals surface area (Å²) in [6.45, 7) is 0.400. The number of unbranched alkanes of at least 4 members (excludes halogenated alkanes) is 2. The average molecular weight is 459 g/mol. The van der Waals surface area contributed by atoms with Gasteiger partial charge in [0.1, 0.15) is 5.70 Å². The molecule has 0 spiro atoms. The third-order valence-corrected chi connectivity index (χ3v) is 4.54. The Morgan fingerprint density at radius 3 is 2.41 bits per heavy atom. The maximum atomic E-state index is 12.6. The van der Waals surface area contributed by atoms with Crippen molar-refractivity contribution in [2.24, 2.45) is 0 Å². The number of hydrogen-bond acceptors (Lipinski definition) is 3. The van der Waals surface area contributed by atoms with Gasteiger partial charge in [-0.05, 0) is 42.7 Å². The molecule has 2 rings (SSSR count). The Kier molecular flexibility index (Phi) is 9.11. The van der Waals surface area contributed by atoms with Gasteiger partial charge >= 0.3 is 5.97 Å². The van der Waals surface area contributed by atoms with E-state index in [1.807, 2.05) is 36.4 Å². The van der Waals surface area contributed by atoms with Crippen LogP contribution in [0.2, 0.25) is 0 Å². The minimum absolute atomic E-state index is 0.121. The third-order valence-electron chi connectivity index (χ3n) is 4.04. The molecule has 2 amide bonds. The zero-order valence-electron chi connectivity index (χ0n) is 15.9. The molecule has 0 aromatic heterocycles. The van der Waals surface area contributed by atoms with Crippen LogP contribution in [0.3, 0.4) is 0 Å². The van der Waals surface area contributed by atoms with E-state index in [4.69, 9.17) is 5.11 Å². The molecule has 0 unspecified atom stereocenters. The highest BCUT2D eigenvalue weighted by molar-refractivity contribution is 9.10. The summed E-state index contributed by atoms with van der Waals surface area (Å²) >= 11 is 3.33. The second-order valence-electron chi connectivity index (χ2n) is 6.39. The fourth-order valence-corrected chi connectivity index (χ4v) is 2.97. The number of carboxylic acids is 1. The van der Waals surface area contributed by atoms with E-state index in [0.29, 0.717) is 31.4 Å². The van der Waals surface area contributed by atoms with Crippen molar-refractivity contribution in [2.75, 3.05) is 6.54 Å². The Hall–Kier alpha value is -2.93. The lowest BCUT2D eigenvalue weighted by Crippen LogP contribution is -2.35. The zero-order valence-corrected chi connectivity index (χ0v) is 17.4. The Balaban J connectivity index is 2.03. The van der Waals surface area contributed by atoms with E-state index in [2.05, 4.69) is 26.6 Å². The second-order valence-corrected chi connectivity index (χ2v) is 7.31. The van der Waals surface area contributed by atoms with Crippen molar-refractivity contribution >= 4 is 39.8 Å². The highest BCUT2D eigenvalue weighted by atomic mass is 79.9. The predicted octanol–water partition coefficient (Wildman–Crippen LogP) is 3.98. The zero-order chi connectivity index (χ0) is 21.1. The van der Waals surface area contributed by atoms with E-state index in [-0.39, 0.29) is 18.0 Å². The summed E-state index contributed by atoms with van der Waals surface area (Å²) in [7, 11) is 0. The highest BCUT2D eigenvalue weighted by Crippen LogP contribution is 2.13. The first-order valence-electron chi connectivity index (χ1n) is 9.29. The number of aliphatic carboxylic acids is 1. The molecule has 0 saturated heterocycles. The minimum Gasteiger partial charge on any atom is -0.481 e. The maximum absolute atomic E-state index is 12.6. The van der Waals surface area contributed by atoms with Crippen LogP contribution in [0.1, 0.15) is 41.6 Å². The monoisotopic (exact) mass is 458 g/mol. The third kappa shape index (κ3) is 8.31. The molecule has 0 fully saturated rings. The lowest BCUT2D eigenvalue weighted by Gasteiger charge is -2.11. The summed E-state index contributed by atoms with van der Waals surface area (Å²) in [5, 5.41) is 14.1. The number of benzene rings is 2. The first-order valence-corrected chi connectivity index (χ1v) is 10.1. The van der Waals surface area contributed by atoms with Gasteiger partial charge in [0.05, 0.1) is 0 Å². The quantitative estimate of drug-likeness (QED) is 0.370. The van der Waals surface area contributed by atoms with Crippen molar-refractivity contribution in [3.05, 3.63) is 75.9 Å². The maximum Gasteiger partial charge on any atom is 0.303 e. The van der Waals surface area contributed by atoms with Crippen LogP contribution in [-0.4, -0.2) is 29.4 Å². The molecule has 0 atom stereocenters. The molecule has 152 valence electrons. The predicted molar refractivity (Wildman–Crippen MR) is 115 cm³/mol. The van der Waals surface area contributed by atoms with Crippen LogP contribution in [0.5, 0.6) is 0 Å². The van der Waals surface area contributed by atoms with E-state index >= 15 is 0 Å². The van der Waals surface area contributed by atoms with Gasteiger partial charge in [0.2, 0.25) is 0 Å². The van der Waals surface area contributed by atoms with Crippen molar-refractivity contribution in [3.63, 3.8) is 0 Å². The number of carbonyl (C=O) groups excluding carboxylic acids is 2. The van der Waals surface area contributed by atoms with E-state index in [1.165, 1.54) is 0 Å². The summed E-state index contributed by atoms with van der Waals surface area (Å²) in [6, 6.07) is 16.1. The molecule has 0 aliphatic heterocycles.